The van der Waals surface area contributed by atoms with Crippen LogP contribution in [0.15, 0.2) is 12.4 Å². The molecule has 0 bridgehead atoms. The molecule has 1 aromatic heterocycles. The van der Waals surface area contributed by atoms with Gasteiger partial charge in [-0.3, -0.25) is 4.68 Å². The third kappa shape index (κ3) is 1.23. The van der Waals surface area contributed by atoms with Gasteiger partial charge in [-0.15, -0.1) is 0 Å². The Morgan fingerprint density at radius 3 is 3.08 bits per heavy atom. The molecule has 0 saturated carbocycles. The maximum absolute atomic E-state index is 9.55. The van der Waals surface area contributed by atoms with E-state index < -0.39 is 0 Å². The zero-order chi connectivity index (χ0) is 8.55. The summed E-state index contributed by atoms with van der Waals surface area (Å²) in [6.07, 6.45) is 4.31. The topological polar surface area (TPSA) is 50.1 Å². The number of hydrogen-bond acceptors (Lipinski definition) is 3. The summed E-state index contributed by atoms with van der Waals surface area (Å²) in [4.78, 5) is 0. The Bertz CT molecular complexity index is 271. The zero-order valence-corrected chi connectivity index (χ0v) is 7.07. The lowest BCUT2D eigenvalue weighted by atomic mass is 10.1. The van der Waals surface area contributed by atoms with Crippen LogP contribution in [0, 0.1) is 0 Å². The molecule has 1 saturated heterocycles. The van der Waals surface area contributed by atoms with E-state index in [0.717, 1.165) is 18.5 Å². The number of hydrogen-bond donors (Lipinski definition) is 2. The predicted octanol–water partition coefficient (Wildman–Crippen LogP) is -0.185. The molecule has 0 aliphatic carbocycles. The smallest absolute Gasteiger partial charge is 0.0748 e. The summed E-state index contributed by atoms with van der Waals surface area (Å²) in [6.45, 7) is 0.890. The molecular formula is C8H13N3O. The van der Waals surface area contributed by atoms with E-state index >= 15 is 0 Å². The summed E-state index contributed by atoms with van der Waals surface area (Å²) in [5.74, 6) is 0. The number of aliphatic hydroxyl groups is 1. The van der Waals surface area contributed by atoms with Gasteiger partial charge in [0, 0.05) is 18.8 Å². The lowest BCUT2D eigenvalue weighted by Gasteiger charge is -2.11. The van der Waals surface area contributed by atoms with Crippen molar-refractivity contribution in [1.82, 2.24) is 15.1 Å². The SMILES string of the molecule is Cn1cc(C2NCCC2O)cn1. The number of aromatic nitrogens is 2. The summed E-state index contributed by atoms with van der Waals surface area (Å²) >= 11 is 0. The highest BCUT2D eigenvalue weighted by molar-refractivity contribution is 5.13. The number of aryl methyl sites for hydroxylation is 1. The minimum atomic E-state index is -0.255. The maximum atomic E-state index is 9.55. The Morgan fingerprint density at radius 1 is 1.75 bits per heavy atom. The van der Waals surface area contributed by atoms with Gasteiger partial charge in [-0.2, -0.15) is 5.10 Å². The lowest BCUT2D eigenvalue weighted by molar-refractivity contribution is 0.160. The van der Waals surface area contributed by atoms with Crippen molar-refractivity contribution in [2.75, 3.05) is 6.54 Å². The molecule has 0 spiro atoms. The van der Waals surface area contributed by atoms with Gasteiger partial charge in [0.15, 0.2) is 0 Å². The quantitative estimate of drug-likeness (QED) is 0.610. The van der Waals surface area contributed by atoms with E-state index in [1.54, 1.807) is 10.9 Å². The van der Waals surface area contributed by atoms with Crippen molar-refractivity contribution in [3.63, 3.8) is 0 Å². The molecule has 66 valence electrons. The maximum Gasteiger partial charge on any atom is 0.0748 e. The second-order valence-corrected chi connectivity index (χ2v) is 3.24. The van der Waals surface area contributed by atoms with Crippen LogP contribution in [0.4, 0.5) is 0 Å². The van der Waals surface area contributed by atoms with E-state index in [9.17, 15) is 5.11 Å². The van der Waals surface area contributed by atoms with Gasteiger partial charge in [0.2, 0.25) is 0 Å². The van der Waals surface area contributed by atoms with Gasteiger partial charge in [0.05, 0.1) is 18.3 Å². The van der Waals surface area contributed by atoms with Gasteiger partial charge in [-0.05, 0) is 13.0 Å². The second-order valence-electron chi connectivity index (χ2n) is 3.24. The normalized spacial score (nSPS) is 29.5. The van der Waals surface area contributed by atoms with Crippen LogP contribution in [0.1, 0.15) is 18.0 Å². The van der Waals surface area contributed by atoms with Gasteiger partial charge >= 0.3 is 0 Å². The fourth-order valence-electron chi connectivity index (χ4n) is 1.63. The van der Waals surface area contributed by atoms with Crippen LogP contribution in [0.3, 0.4) is 0 Å². The molecular weight excluding hydrogens is 154 g/mol. The Hall–Kier alpha value is -0.870. The molecule has 0 radical (unpaired) electrons. The van der Waals surface area contributed by atoms with Crippen LogP contribution >= 0.6 is 0 Å². The number of nitrogens with zero attached hydrogens (tertiary/aromatic N) is 2. The molecule has 4 heteroatoms. The van der Waals surface area contributed by atoms with Crippen molar-refractivity contribution in [2.45, 2.75) is 18.6 Å². The van der Waals surface area contributed by atoms with Crippen molar-refractivity contribution >= 4 is 0 Å². The largest absolute Gasteiger partial charge is 0.391 e. The van der Waals surface area contributed by atoms with Crippen molar-refractivity contribution in [3.8, 4) is 0 Å². The van der Waals surface area contributed by atoms with Crippen LogP contribution in [0.25, 0.3) is 0 Å². The highest BCUT2D eigenvalue weighted by Crippen LogP contribution is 2.22. The van der Waals surface area contributed by atoms with Gasteiger partial charge in [-0.1, -0.05) is 0 Å². The molecule has 0 aromatic carbocycles. The minimum absolute atomic E-state index is 0.0821. The molecule has 2 atom stereocenters. The Labute approximate surface area is 71.2 Å². The summed E-state index contributed by atoms with van der Waals surface area (Å²) < 4.78 is 1.75. The highest BCUT2D eigenvalue weighted by Gasteiger charge is 2.26. The van der Waals surface area contributed by atoms with Crippen LogP contribution < -0.4 is 5.32 Å². The van der Waals surface area contributed by atoms with Gasteiger partial charge in [0.25, 0.3) is 0 Å². The number of aliphatic hydroxyl groups excluding tert-OH is 1. The predicted molar refractivity (Wildman–Crippen MR) is 44.6 cm³/mol. The highest BCUT2D eigenvalue weighted by atomic mass is 16.3. The average Bonchev–Trinajstić information content (AvgIpc) is 2.58. The van der Waals surface area contributed by atoms with Crippen LogP contribution in [0.5, 0.6) is 0 Å². The summed E-state index contributed by atoms with van der Waals surface area (Å²) in [5.41, 5.74) is 1.07. The van der Waals surface area contributed by atoms with E-state index in [1.807, 2.05) is 13.2 Å². The first-order valence-corrected chi connectivity index (χ1v) is 4.17. The minimum Gasteiger partial charge on any atom is -0.391 e. The molecule has 0 amide bonds. The molecule has 4 nitrogen and oxygen atoms in total. The zero-order valence-electron chi connectivity index (χ0n) is 7.07. The Kier molecular flexibility index (Phi) is 1.86. The van der Waals surface area contributed by atoms with Gasteiger partial charge in [-0.25, -0.2) is 0 Å². The van der Waals surface area contributed by atoms with Crippen molar-refractivity contribution in [2.24, 2.45) is 7.05 Å². The van der Waals surface area contributed by atoms with Crippen molar-refractivity contribution < 1.29 is 5.11 Å². The fourth-order valence-corrected chi connectivity index (χ4v) is 1.63. The monoisotopic (exact) mass is 167 g/mol. The molecule has 1 aliphatic rings. The fraction of sp³-hybridized carbons (Fsp3) is 0.625. The molecule has 12 heavy (non-hydrogen) atoms. The third-order valence-corrected chi connectivity index (χ3v) is 2.27. The van der Waals surface area contributed by atoms with E-state index in [4.69, 9.17) is 0 Å². The summed E-state index contributed by atoms with van der Waals surface area (Å²) in [5, 5.41) is 16.8. The number of rotatable bonds is 1. The average molecular weight is 167 g/mol. The van der Waals surface area contributed by atoms with Crippen molar-refractivity contribution in [1.29, 1.82) is 0 Å². The summed E-state index contributed by atoms with van der Waals surface area (Å²) in [7, 11) is 1.88. The first kappa shape index (κ1) is 7.76. The van der Waals surface area contributed by atoms with E-state index in [-0.39, 0.29) is 12.1 Å². The summed E-state index contributed by atoms with van der Waals surface area (Å²) in [6, 6.07) is 0.0821. The Balaban J connectivity index is 2.19. The molecule has 2 rings (SSSR count). The Morgan fingerprint density at radius 2 is 2.58 bits per heavy atom. The molecule has 2 unspecified atom stereocenters. The molecule has 1 aromatic rings. The van der Waals surface area contributed by atoms with Crippen LogP contribution in [-0.4, -0.2) is 27.5 Å². The first-order chi connectivity index (χ1) is 5.77. The van der Waals surface area contributed by atoms with Crippen LogP contribution in [-0.2, 0) is 7.05 Å². The molecule has 2 heterocycles. The van der Waals surface area contributed by atoms with E-state index in [0.29, 0.717) is 0 Å². The van der Waals surface area contributed by atoms with E-state index in [1.165, 1.54) is 0 Å². The molecule has 1 fully saturated rings. The first-order valence-electron chi connectivity index (χ1n) is 4.17. The molecule has 1 aliphatic heterocycles. The van der Waals surface area contributed by atoms with Crippen LogP contribution in [0.2, 0.25) is 0 Å². The second kappa shape index (κ2) is 2.88. The number of nitrogens with one attached hydrogen (secondary N) is 1. The lowest BCUT2D eigenvalue weighted by Crippen LogP contribution is -2.20. The standard InChI is InChI=1S/C8H13N3O/c1-11-5-6(4-10-11)8-7(12)2-3-9-8/h4-5,7-9,12H,2-3H2,1H3. The van der Waals surface area contributed by atoms with Gasteiger partial charge in [0.1, 0.15) is 0 Å². The molecule has 2 N–H and O–H groups in total. The third-order valence-electron chi connectivity index (χ3n) is 2.27. The van der Waals surface area contributed by atoms with Crippen molar-refractivity contribution in [3.05, 3.63) is 18.0 Å². The van der Waals surface area contributed by atoms with E-state index in [2.05, 4.69) is 10.4 Å². The van der Waals surface area contributed by atoms with Gasteiger partial charge < -0.3 is 10.4 Å².